The molecule has 0 spiro atoms. The van der Waals surface area contributed by atoms with Crippen molar-refractivity contribution in [1.29, 1.82) is 0 Å². The number of carbonyl (C=O) groups excluding carboxylic acids is 2. The molecule has 5 rings (SSSR count). The van der Waals surface area contributed by atoms with Crippen LogP contribution in [-0.4, -0.2) is 45.9 Å². The minimum Gasteiger partial charge on any atom is -0.365 e. The van der Waals surface area contributed by atoms with Gasteiger partial charge in [0, 0.05) is 30.4 Å². The van der Waals surface area contributed by atoms with Crippen LogP contribution in [0.4, 0.5) is 0 Å². The summed E-state index contributed by atoms with van der Waals surface area (Å²) >= 11 is 1.71. The van der Waals surface area contributed by atoms with Gasteiger partial charge in [-0.2, -0.15) is 0 Å². The Morgan fingerprint density at radius 2 is 1.94 bits per heavy atom. The Bertz CT molecular complexity index is 1090. The second-order valence-corrected chi connectivity index (χ2v) is 9.62. The van der Waals surface area contributed by atoms with Gasteiger partial charge in [-0.05, 0) is 36.3 Å². The first kappa shape index (κ1) is 21.9. The highest BCUT2D eigenvalue weighted by Crippen LogP contribution is 2.28. The van der Waals surface area contributed by atoms with E-state index in [1.165, 1.54) is 4.88 Å². The zero-order valence-corrected chi connectivity index (χ0v) is 19.3. The molecule has 1 N–H and O–H groups in total. The number of aromatic nitrogens is 2. The molecular formula is C25H28N4O3S. The Hall–Kier alpha value is -2.97. The number of hydrogen-bond donors (Lipinski definition) is 1. The normalized spacial score (nSPS) is 18.7. The number of carbonyl (C=O) groups is 2. The highest BCUT2D eigenvalue weighted by molar-refractivity contribution is 7.09. The highest BCUT2D eigenvalue weighted by atomic mass is 32.1. The molecule has 1 saturated heterocycles. The van der Waals surface area contributed by atoms with E-state index in [1.807, 2.05) is 33.7 Å². The van der Waals surface area contributed by atoms with Crippen molar-refractivity contribution in [2.45, 2.75) is 38.5 Å². The SMILES string of the molecule is O=C(NCCc1cccs1)C1CCN(C(=O)c2ncn3c2CO[C@H](c2ccccc2)C3)CC1. The molecule has 7 nitrogen and oxygen atoms in total. The lowest BCUT2D eigenvalue weighted by Gasteiger charge is -2.31. The van der Waals surface area contributed by atoms with Gasteiger partial charge < -0.3 is 19.5 Å². The van der Waals surface area contributed by atoms with Crippen molar-refractivity contribution in [3.8, 4) is 0 Å². The van der Waals surface area contributed by atoms with E-state index in [2.05, 4.69) is 33.9 Å². The minimum absolute atomic E-state index is 0.0371. The first-order chi connectivity index (χ1) is 16.2. The Morgan fingerprint density at radius 3 is 2.70 bits per heavy atom. The van der Waals surface area contributed by atoms with Crippen LogP contribution in [0.3, 0.4) is 0 Å². The van der Waals surface area contributed by atoms with Gasteiger partial charge in [0.05, 0.1) is 25.2 Å². The van der Waals surface area contributed by atoms with Gasteiger partial charge in [0.25, 0.3) is 5.91 Å². The van der Waals surface area contributed by atoms with Crippen LogP contribution in [0.1, 0.15) is 45.6 Å². The van der Waals surface area contributed by atoms with Crippen LogP contribution in [0.5, 0.6) is 0 Å². The number of rotatable bonds is 6. The molecule has 0 saturated carbocycles. The summed E-state index contributed by atoms with van der Waals surface area (Å²) in [6.07, 6.45) is 3.93. The summed E-state index contributed by atoms with van der Waals surface area (Å²) in [4.78, 5) is 33.2. The maximum absolute atomic E-state index is 13.2. The topological polar surface area (TPSA) is 76.5 Å². The number of benzene rings is 1. The zero-order chi connectivity index (χ0) is 22.6. The Morgan fingerprint density at radius 1 is 1.12 bits per heavy atom. The quantitative estimate of drug-likeness (QED) is 0.607. The molecule has 33 heavy (non-hydrogen) atoms. The van der Waals surface area contributed by atoms with Crippen molar-refractivity contribution >= 4 is 23.2 Å². The van der Waals surface area contributed by atoms with E-state index < -0.39 is 0 Å². The molecule has 0 unspecified atom stereocenters. The Kier molecular flexibility index (Phi) is 6.55. The number of likely N-dealkylation sites (tertiary alicyclic amines) is 1. The average Bonchev–Trinajstić information content (AvgIpc) is 3.54. The number of amides is 2. The van der Waals surface area contributed by atoms with Crippen molar-refractivity contribution in [2.75, 3.05) is 19.6 Å². The van der Waals surface area contributed by atoms with Crippen LogP contribution in [-0.2, 0) is 29.1 Å². The highest BCUT2D eigenvalue weighted by Gasteiger charge is 2.32. The third-order valence-corrected chi connectivity index (χ3v) is 7.44. The average molecular weight is 465 g/mol. The molecule has 1 fully saturated rings. The molecule has 2 aromatic heterocycles. The van der Waals surface area contributed by atoms with Crippen molar-refractivity contribution in [2.24, 2.45) is 5.92 Å². The maximum Gasteiger partial charge on any atom is 0.274 e. The first-order valence-corrected chi connectivity index (χ1v) is 12.4. The van der Waals surface area contributed by atoms with E-state index in [1.54, 1.807) is 17.7 Å². The van der Waals surface area contributed by atoms with E-state index >= 15 is 0 Å². The van der Waals surface area contributed by atoms with Crippen LogP contribution >= 0.6 is 11.3 Å². The predicted octanol–water partition coefficient (Wildman–Crippen LogP) is 3.43. The monoisotopic (exact) mass is 464 g/mol. The molecule has 172 valence electrons. The fourth-order valence-corrected chi connectivity index (χ4v) is 5.29. The van der Waals surface area contributed by atoms with Crippen molar-refractivity contribution in [3.63, 3.8) is 0 Å². The van der Waals surface area contributed by atoms with Gasteiger partial charge in [-0.25, -0.2) is 4.98 Å². The van der Waals surface area contributed by atoms with E-state index in [9.17, 15) is 9.59 Å². The van der Waals surface area contributed by atoms with Crippen molar-refractivity contribution in [3.05, 3.63) is 76.0 Å². The summed E-state index contributed by atoms with van der Waals surface area (Å²) in [5.41, 5.74) is 2.43. The second-order valence-electron chi connectivity index (χ2n) is 8.59. The van der Waals surface area contributed by atoms with Crippen molar-refractivity contribution in [1.82, 2.24) is 19.8 Å². The first-order valence-electron chi connectivity index (χ1n) is 11.5. The number of ether oxygens (including phenoxy) is 1. The summed E-state index contributed by atoms with van der Waals surface area (Å²) in [5, 5.41) is 5.10. The zero-order valence-electron chi connectivity index (χ0n) is 18.5. The largest absolute Gasteiger partial charge is 0.365 e. The number of fused-ring (bicyclic) bond motifs is 1. The Labute approximate surface area is 197 Å². The van der Waals surface area contributed by atoms with Crippen molar-refractivity contribution < 1.29 is 14.3 Å². The summed E-state index contributed by atoms with van der Waals surface area (Å²) < 4.78 is 8.09. The van der Waals surface area contributed by atoms with E-state index in [0.717, 1.165) is 17.7 Å². The van der Waals surface area contributed by atoms with Gasteiger partial charge in [0.1, 0.15) is 6.10 Å². The smallest absolute Gasteiger partial charge is 0.274 e. The fourth-order valence-electron chi connectivity index (χ4n) is 4.58. The summed E-state index contributed by atoms with van der Waals surface area (Å²) in [6.45, 7) is 2.81. The standard InChI is InChI=1S/C25H28N4O3S/c30-24(26-11-8-20-7-4-14-33-20)19-9-12-28(13-10-19)25(31)23-21-16-32-22(15-29(21)17-27-23)18-5-2-1-3-6-18/h1-7,14,17,19,22H,8-13,15-16H2,(H,26,30)/t22-/m0/s1. The Balaban J connectivity index is 1.13. The number of hydrogen-bond acceptors (Lipinski definition) is 5. The lowest BCUT2D eigenvalue weighted by atomic mass is 9.95. The molecule has 2 amide bonds. The van der Waals surface area contributed by atoms with Gasteiger partial charge >= 0.3 is 0 Å². The second kappa shape index (κ2) is 9.89. The third kappa shape index (κ3) is 4.86. The summed E-state index contributed by atoms with van der Waals surface area (Å²) in [6, 6.07) is 14.2. The number of thiophene rings is 1. The lowest BCUT2D eigenvalue weighted by Crippen LogP contribution is -2.43. The number of nitrogens with zero attached hydrogens (tertiary/aromatic N) is 3. The fraction of sp³-hybridized carbons (Fsp3) is 0.400. The number of nitrogens with one attached hydrogen (secondary N) is 1. The molecular weight excluding hydrogens is 436 g/mol. The van der Waals surface area contributed by atoms with Gasteiger partial charge in [-0.3, -0.25) is 9.59 Å². The van der Waals surface area contributed by atoms with Crippen LogP contribution in [0.2, 0.25) is 0 Å². The molecule has 2 aliphatic heterocycles. The number of piperidine rings is 1. The van der Waals surface area contributed by atoms with Crippen LogP contribution in [0.15, 0.2) is 54.2 Å². The van der Waals surface area contributed by atoms with Gasteiger partial charge in [0.15, 0.2) is 5.69 Å². The molecule has 0 aliphatic carbocycles. The molecule has 1 atom stereocenters. The molecule has 0 radical (unpaired) electrons. The molecule has 2 aliphatic rings. The van der Waals surface area contributed by atoms with E-state index in [0.29, 0.717) is 51.3 Å². The van der Waals surface area contributed by atoms with Gasteiger partial charge in [-0.1, -0.05) is 36.4 Å². The molecule has 0 bridgehead atoms. The lowest BCUT2D eigenvalue weighted by molar-refractivity contribution is -0.126. The van der Waals surface area contributed by atoms with Gasteiger partial charge in [0.2, 0.25) is 5.91 Å². The maximum atomic E-state index is 13.2. The van der Waals surface area contributed by atoms with Gasteiger partial charge in [-0.15, -0.1) is 11.3 Å². The van der Waals surface area contributed by atoms with E-state index in [-0.39, 0.29) is 23.8 Å². The minimum atomic E-state index is -0.0675. The molecule has 3 aromatic rings. The van der Waals surface area contributed by atoms with Crippen LogP contribution < -0.4 is 5.32 Å². The molecule has 4 heterocycles. The predicted molar refractivity (Wildman–Crippen MR) is 126 cm³/mol. The summed E-state index contributed by atoms with van der Waals surface area (Å²) in [5.74, 6) is -0.0105. The van der Waals surface area contributed by atoms with E-state index in [4.69, 9.17) is 4.74 Å². The number of imidazole rings is 1. The van der Waals surface area contributed by atoms with Crippen LogP contribution in [0, 0.1) is 5.92 Å². The summed E-state index contributed by atoms with van der Waals surface area (Å²) in [7, 11) is 0. The third-order valence-electron chi connectivity index (χ3n) is 6.51. The van der Waals surface area contributed by atoms with Crippen LogP contribution in [0.25, 0.3) is 0 Å². The molecule has 8 heteroatoms. The molecule has 1 aromatic carbocycles.